The minimum absolute atomic E-state index is 0. The minimum Gasteiger partial charge on any atom is -1.00 e. The van der Waals surface area contributed by atoms with Crippen LogP contribution in [0.4, 0.5) is 0 Å². The zero-order valence-corrected chi connectivity index (χ0v) is 10.3. The van der Waals surface area contributed by atoms with Gasteiger partial charge in [0.2, 0.25) is 0 Å². The molecule has 0 atom stereocenters. The number of rotatable bonds is 4. The van der Waals surface area contributed by atoms with Gasteiger partial charge in [-0.3, -0.25) is 0 Å². The van der Waals surface area contributed by atoms with E-state index in [4.69, 9.17) is 5.26 Å². The molecule has 0 saturated heterocycles. The maximum absolute atomic E-state index is 11.0. The zero-order chi connectivity index (χ0) is 10.5. The van der Waals surface area contributed by atoms with Crippen molar-refractivity contribution < 1.29 is 31.0 Å². The molecule has 0 aliphatic rings. The number of carbonyl (C=O) groups is 1. The van der Waals surface area contributed by atoms with E-state index in [1.54, 1.807) is 0 Å². The van der Waals surface area contributed by atoms with Gasteiger partial charge in [0, 0.05) is 0 Å². The molecule has 0 aliphatic heterocycles. The number of hydrogen-bond acceptors (Lipinski definition) is 3. The second kappa shape index (κ2) is 6.57. The van der Waals surface area contributed by atoms with Crippen LogP contribution in [-0.4, -0.2) is 44.7 Å². The van der Waals surface area contributed by atoms with Crippen LogP contribution in [0.3, 0.4) is 0 Å². The molecule has 0 aliphatic carbocycles. The van der Waals surface area contributed by atoms with Crippen molar-refractivity contribution in [2.75, 3.05) is 34.3 Å². The van der Waals surface area contributed by atoms with Crippen molar-refractivity contribution >= 4 is 5.97 Å². The van der Waals surface area contributed by atoms with E-state index < -0.39 is 5.97 Å². The highest BCUT2D eigenvalue weighted by atomic mass is 79.9. The molecule has 0 heterocycles. The van der Waals surface area contributed by atoms with E-state index in [-0.39, 0.29) is 17.0 Å². The first kappa shape index (κ1) is 15.6. The van der Waals surface area contributed by atoms with E-state index in [0.29, 0.717) is 23.1 Å². The lowest BCUT2D eigenvalue weighted by atomic mass is 10.2. The normalized spacial score (nSPS) is 9.57. The van der Waals surface area contributed by atoms with Crippen molar-refractivity contribution in [3.8, 4) is 6.07 Å². The maximum atomic E-state index is 11.0. The highest BCUT2D eigenvalue weighted by molar-refractivity contribution is 5.87. The standard InChI is InChI=1S/C9H15N2O2.BrH/c1-8(9(12)13-4)7-11(2,3)6-5-10;/h1,6-7H2,2-4H3;1H/q+1;/p-1. The molecule has 0 unspecified atom stereocenters. The van der Waals surface area contributed by atoms with Gasteiger partial charge in [0.1, 0.15) is 12.6 Å². The fourth-order valence-corrected chi connectivity index (χ4v) is 0.973. The average molecular weight is 263 g/mol. The lowest BCUT2D eigenvalue weighted by Crippen LogP contribution is -3.00. The molecule has 0 aromatic carbocycles. The van der Waals surface area contributed by atoms with Gasteiger partial charge in [-0.05, 0) is 0 Å². The number of nitriles is 1. The Labute approximate surface area is 95.1 Å². The topological polar surface area (TPSA) is 50.1 Å². The highest BCUT2D eigenvalue weighted by Crippen LogP contribution is 2.03. The smallest absolute Gasteiger partial charge is 0.338 e. The summed E-state index contributed by atoms with van der Waals surface area (Å²) in [6.45, 7) is 4.37. The van der Waals surface area contributed by atoms with Crippen LogP contribution in [0.1, 0.15) is 0 Å². The molecule has 0 fully saturated rings. The average Bonchev–Trinajstić information content (AvgIpc) is 2.01. The van der Waals surface area contributed by atoms with Gasteiger partial charge in [-0.2, -0.15) is 5.26 Å². The van der Waals surface area contributed by atoms with Crippen molar-refractivity contribution in [2.45, 2.75) is 0 Å². The summed E-state index contributed by atoms with van der Waals surface area (Å²) in [5, 5.41) is 8.50. The Kier molecular flexibility index (Phi) is 7.33. The van der Waals surface area contributed by atoms with Crippen molar-refractivity contribution in [3.05, 3.63) is 12.2 Å². The van der Waals surface area contributed by atoms with Crippen molar-refractivity contribution in [2.24, 2.45) is 0 Å². The number of likely N-dealkylation sites (N-methyl/N-ethyl adjacent to an activating group) is 1. The van der Waals surface area contributed by atoms with Crippen LogP contribution in [0.25, 0.3) is 0 Å². The Balaban J connectivity index is 0. The number of esters is 1. The molecule has 5 heteroatoms. The molecule has 0 amide bonds. The van der Waals surface area contributed by atoms with Crippen LogP contribution < -0.4 is 17.0 Å². The number of carbonyl (C=O) groups excluding carboxylic acids is 1. The molecule has 0 bridgehead atoms. The van der Waals surface area contributed by atoms with Crippen LogP contribution >= 0.6 is 0 Å². The number of ether oxygens (including phenoxy) is 1. The Morgan fingerprint density at radius 3 is 2.43 bits per heavy atom. The summed E-state index contributed by atoms with van der Waals surface area (Å²) in [5.74, 6) is -0.413. The maximum Gasteiger partial charge on any atom is 0.338 e. The van der Waals surface area contributed by atoms with Crippen LogP contribution in [-0.2, 0) is 9.53 Å². The number of nitrogens with zero attached hydrogens (tertiary/aromatic N) is 2. The van der Waals surface area contributed by atoms with Gasteiger partial charge >= 0.3 is 5.97 Å². The molecular formula is C9H15BrN2O2. The Morgan fingerprint density at radius 1 is 1.57 bits per heavy atom. The van der Waals surface area contributed by atoms with E-state index in [1.165, 1.54) is 7.11 Å². The third-order valence-electron chi connectivity index (χ3n) is 1.59. The summed E-state index contributed by atoms with van der Waals surface area (Å²) < 4.78 is 4.93. The molecule has 80 valence electrons. The first-order valence-corrected chi connectivity index (χ1v) is 3.88. The predicted octanol–water partition coefficient (Wildman–Crippen LogP) is -2.68. The van der Waals surface area contributed by atoms with Crippen LogP contribution in [0.2, 0.25) is 0 Å². The molecule has 0 rings (SSSR count). The number of halogens is 1. The SMILES string of the molecule is C=C(C[N+](C)(C)CC#N)C(=O)OC.[Br-]. The first-order chi connectivity index (χ1) is 5.93. The molecule has 0 spiro atoms. The third-order valence-corrected chi connectivity index (χ3v) is 1.59. The Morgan fingerprint density at radius 2 is 2.07 bits per heavy atom. The molecule has 0 aromatic rings. The van der Waals surface area contributed by atoms with Gasteiger partial charge in [0.15, 0.2) is 6.54 Å². The quantitative estimate of drug-likeness (QED) is 0.240. The van der Waals surface area contributed by atoms with Crippen molar-refractivity contribution in [1.29, 1.82) is 5.26 Å². The molecule has 14 heavy (non-hydrogen) atoms. The van der Waals surface area contributed by atoms with E-state index in [2.05, 4.69) is 11.3 Å². The number of methoxy groups -OCH3 is 1. The lowest BCUT2D eigenvalue weighted by molar-refractivity contribution is -0.878. The number of quaternary nitrogens is 1. The summed E-state index contributed by atoms with van der Waals surface area (Å²) in [6.07, 6.45) is 0. The Hall–Kier alpha value is -0.860. The van der Waals surface area contributed by atoms with E-state index in [0.717, 1.165) is 0 Å². The van der Waals surface area contributed by atoms with E-state index >= 15 is 0 Å². The first-order valence-electron chi connectivity index (χ1n) is 3.88. The van der Waals surface area contributed by atoms with Gasteiger partial charge in [-0.1, -0.05) is 6.58 Å². The Bertz CT molecular complexity index is 256. The second-order valence-corrected chi connectivity index (χ2v) is 3.51. The summed E-state index contributed by atoms with van der Waals surface area (Å²) >= 11 is 0. The molecule has 4 nitrogen and oxygen atoms in total. The van der Waals surface area contributed by atoms with Crippen molar-refractivity contribution in [1.82, 2.24) is 0 Å². The monoisotopic (exact) mass is 262 g/mol. The minimum atomic E-state index is -0.413. The second-order valence-electron chi connectivity index (χ2n) is 3.51. The van der Waals surface area contributed by atoms with Gasteiger partial charge in [-0.25, -0.2) is 4.79 Å². The fraction of sp³-hybridized carbons (Fsp3) is 0.556. The van der Waals surface area contributed by atoms with Crippen molar-refractivity contribution in [3.63, 3.8) is 0 Å². The summed E-state index contributed by atoms with van der Waals surface area (Å²) in [5.41, 5.74) is 0.391. The fourth-order valence-electron chi connectivity index (χ4n) is 0.973. The molecule has 0 aromatic heterocycles. The van der Waals surface area contributed by atoms with Gasteiger partial charge in [0.25, 0.3) is 0 Å². The lowest BCUT2D eigenvalue weighted by Gasteiger charge is -2.26. The van der Waals surface area contributed by atoms with Gasteiger partial charge in [-0.15, -0.1) is 0 Å². The number of hydrogen-bond donors (Lipinski definition) is 0. The largest absolute Gasteiger partial charge is 1.00 e. The zero-order valence-electron chi connectivity index (χ0n) is 8.71. The van der Waals surface area contributed by atoms with Crippen LogP contribution in [0.15, 0.2) is 12.2 Å². The molecule has 0 radical (unpaired) electrons. The molecule has 0 N–H and O–H groups in total. The van der Waals surface area contributed by atoms with E-state index in [9.17, 15) is 4.79 Å². The predicted molar refractivity (Wildman–Crippen MR) is 48.6 cm³/mol. The summed E-state index contributed by atoms with van der Waals surface area (Å²) in [7, 11) is 5.03. The molecular weight excluding hydrogens is 248 g/mol. The van der Waals surface area contributed by atoms with Crippen LogP contribution in [0.5, 0.6) is 0 Å². The highest BCUT2D eigenvalue weighted by Gasteiger charge is 2.20. The van der Waals surface area contributed by atoms with Crippen LogP contribution in [0, 0.1) is 11.3 Å². The third kappa shape index (κ3) is 5.73. The van der Waals surface area contributed by atoms with E-state index in [1.807, 2.05) is 20.2 Å². The molecule has 0 saturated carbocycles. The van der Waals surface area contributed by atoms with Gasteiger partial charge < -0.3 is 26.2 Å². The summed E-state index contributed by atoms with van der Waals surface area (Å²) in [6, 6.07) is 2.05. The summed E-state index contributed by atoms with van der Waals surface area (Å²) in [4.78, 5) is 11.0. The van der Waals surface area contributed by atoms with Gasteiger partial charge in [0.05, 0.1) is 26.8 Å².